The van der Waals surface area contributed by atoms with Gasteiger partial charge in [0.05, 0.1) is 7.11 Å². The number of aromatic nitrogens is 2. The number of benzene rings is 2. The maximum atomic E-state index is 13.5. The van der Waals surface area contributed by atoms with Gasteiger partial charge in [0.15, 0.2) is 0 Å². The number of carbonyl (C=O) groups excluding carboxylic acids is 2. The minimum absolute atomic E-state index is 0.0356. The summed E-state index contributed by atoms with van der Waals surface area (Å²) in [5, 5.41) is 0. The summed E-state index contributed by atoms with van der Waals surface area (Å²) in [4.78, 5) is 41.2. The largest absolute Gasteiger partial charge is 0.497 e. The third-order valence-electron chi connectivity index (χ3n) is 6.74. The third-order valence-corrected chi connectivity index (χ3v) is 6.74. The van der Waals surface area contributed by atoms with Crippen LogP contribution in [-0.2, 0) is 4.79 Å². The number of rotatable bonds is 5. The molecule has 2 amide bonds. The molecule has 0 N–H and O–H groups in total. The molecular weight excluding hydrogens is 442 g/mol. The van der Waals surface area contributed by atoms with Crippen LogP contribution in [0.1, 0.15) is 23.2 Å². The van der Waals surface area contributed by atoms with Crippen molar-refractivity contribution in [3.63, 3.8) is 0 Å². The molecule has 180 valence electrons. The number of anilines is 1. The van der Waals surface area contributed by atoms with Crippen molar-refractivity contribution < 1.29 is 14.3 Å². The standard InChI is InChI=1S/C27H29N5O3/c1-35-23-9-3-7-21(19-23)20-6-2-8-22(18-20)25(33)32-13-4-10-24(32)26(34)30-14-16-31(17-15-30)27-28-11-5-12-29-27/h2-3,5-9,11-12,18-19,24H,4,10,13-17H2,1H3. The summed E-state index contributed by atoms with van der Waals surface area (Å²) in [5.41, 5.74) is 2.51. The van der Waals surface area contributed by atoms with Gasteiger partial charge in [-0.15, -0.1) is 0 Å². The van der Waals surface area contributed by atoms with E-state index in [2.05, 4.69) is 14.9 Å². The van der Waals surface area contributed by atoms with Gasteiger partial charge >= 0.3 is 0 Å². The summed E-state index contributed by atoms with van der Waals surface area (Å²) >= 11 is 0. The van der Waals surface area contributed by atoms with Crippen LogP contribution in [0.5, 0.6) is 5.75 Å². The highest BCUT2D eigenvalue weighted by molar-refractivity contribution is 5.99. The Hall–Kier alpha value is -3.94. The Labute approximate surface area is 205 Å². The average Bonchev–Trinajstić information content (AvgIpc) is 3.43. The number of piperazine rings is 1. The zero-order valence-electron chi connectivity index (χ0n) is 19.8. The van der Waals surface area contributed by atoms with Crippen molar-refractivity contribution in [1.82, 2.24) is 19.8 Å². The average molecular weight is 472 g/mol. The topological polar surface area (TPSA) is 78.9 Å². The van der Waals surface area contributed by atoms with Gasteiger partial charge in [0.2, 0.25) is 11.9 Å². The van der Waals surface area contributed by atoms with Crippen LogP contribution in [-0.4, -0.2) is 77.5 Å². The molecule has 0 bridgehead atoms. The Morgan fingerprint density at radius 2 is 1.60 bits per heavy atom. The van der Waals surface area contributed by atoms with Crippen molar-refractivity contribution in [2.45, 2.75) is 18.9 Å². The van der Waals surface area contributed by atoms with Crippen molar-refractivity contribution in [2.75, 3.05) is 44.7 Å². The minimum atomic E-state index is -0.414. The first-order valence-corrected chi connectivity index (χ1v) is 12.0. The second kappa shape index (κ2) is 10.1. The lowest BCUT2D eigenvalue weighted by Gasteiger charge is -2.37. The van der Waals surface area contributed by atoms with Crippen molar-refractivity contribution in [3.8, 4) is 16.9 Å². The molecule has 1 aromatic heterocycles. The lowest BCUT2D eigenvalue weighted by molar-refractivity contribution is -0.135. The molecule has 2 aromatic carbocycles. The second-order valence-corrected chi connectivity index (χ2v) is 8.83. The first-order chi connectivity index (χ1) is 17.1. The van der Waals surface area contributed by atoms with Crippen molar-refractivity contribution in [1.29, 1.82) is 0 Å². The molecule has 0 saturated carbocycles. The quantitative estimate of drug-likeness (QED) is 0.569. The number of carbonyl (C=O) groups is 2. The molecule has 8 nitrogen and oxygen atoms in total. The highest BCUT2D eigenvalue weighted by atomic mass is 16.5. The van der Waals surface area contributed by atoms with Crippen LogP contribution in [0.3, 0.4) is 0 Å². The van der Waals surface area contributed by atoms with E-state index in [0.29, 0.717) is 50.7 Å². The van der Waals surface area contributed by atoms with Gasteiger partial charge in [0.25, 0.3) is 5.91 Å². The molecule has 0 aliphatic carbocycles. The number of hydrogen-bond acceptors (Lipinski definition) is 6. The smallest absolute Gasteiger partial charge is 0.254 e. The monoisotopic (exact) mass is 471 g/mol. The number of amides is 2. The molecule has 0 radical (unpaired) electrons. The van der Waals surface area contributed by atoms with Crippen LogP contribution >= 0.6 is 0 Å². The van der Waals surface area contributed by atoms with E-state index >= 15 is 0 Å². The van der Waals surface area contributed by atoms with E-state index in [9.17, 15) is 9.59 Å². The molecular formula is C27H29N5O3. The second-order valence-electron chi connectivity index (χ2n) is 8.83. The molecule has 1 unspecified atom stereocenters. The van der Waals surface area contributed by atoms with Gasteiger partial charge in [0, 0.05) is 50.7 Å². The van der Waals surface area contributed by atoms with Gasteiger partial charge in [-0.25, -0.2) is 9.97 Å². The zero-order valence-corrected chi connectivity index (χ0v) is 19.8. The third kappa shape index (κ3) is 4.82. The van der Waals surface area contributed by atoms with E-state index in [4.69, 9.17) is 4.74 Å². The molecule has 8 heteroatoms. The van der Waals surface area contributed by atoms with Crippen LogP contribution in [0.2, 0.25) is 0 Å². The maximum Gasteiger partial charge on any atom is 0.254 e. The molecule has 2 fully saturated rings. The first-order valence-electron chi connectivity index (χ1n) is 12.0. The van der Waals surface area contributed by atoms with Gasteiger partial charge < -0.3 is 19.4 Å². The highest BCUT2D eigenvalue weighted by Gasteiger charge is 2.38. The molecule has 2 aliphatic rings. The number of nitrogens with zero attached hydrogens (tertiary/aromatic N) is 5. The van der Waals surface area contributed by atoms with Gasteiger partial charge in [-0.1, -0.05) is 24.3 Å². The molecule has 2 aliphatic heterocycles. The summed E-state index contributed by atoms with van der Waals surface area (Å²) in [6, 6.07) is 16.7. The Balaban J connectivity index is 1.27. The lowest BCUT2D eigenvalue weighted by Crippen LogP contribution is -2.54. The van der Waals surface area contributed by atoms with E-state index in [0.717, 1.165) is 23.3 Å². The molecule has 3 heterocycles. The van der Waals surface area contributed by atoms with E-state index in [1.165, 1.54) is 0 Å². The molecule has 0 spiro atoms. The van der Waals surface area contributed by atoms with Crippen molar-refractivity contribution in [2.24, 2.45) is 0 Å². The van der Waals surface area contributed by atoms with E-state index < -0.39 is 6.04 Å². The molecule has 2 saturated heterocycles. The number of ether oxygens (including phenoxy) is 1. The maximum absolute atomic E-state index is 13.5. The van der Waals surface area contributed by atoms with Gasteiger partial charge in [-0.2, -0.15) is 0 Å². The first kappa shape index (κ1) is 22.8. The normalized spacial score (nSPS) is 18.0. The van der Waals surface area contributed by atoms with Crippen molar-refractivity contribution in [3.05, 3.63) is 72.6 Å². The Morgan fingerprint density at radius 3 is 2.34 bits per heavy atom. The van der Waals surface area contributed by atoms with E-state index in [1.54, 1.807) is 30.5 Å². The number of hydrogen-bond donors (Lipinski definition) is 0. The van der Waals surface area contributed by atoms with E-state index in [1.807, 2.05) is 53.4 Å². The highest BCUT2D eigenvalue weighted by Crippen LogP contribution is 2.27. The number of likely N-dealkylation sites (tertiary alicyclic amines) is 1. The van der Waals surface area contributed by atoms with Crippen LogP contribution in [0.25, 0.3) is 11.1 Å². The predicted molar refractivity (Wildman–Crippen MR) is 133 cm³/mol. The Morgan fingerprint density at radius 1 is 0.886 bits per heavy atom. The minimum Gasteiger partial charge on any atom is -0.497 e. The fourth-order valence-corrected chi connectivity index (χ4v) is 4.86. The van der Waals surface area contributed by atoms with Crippen LogP contribution < -0.4 is 9.64 Å². The fraction of sp³-hybridized carbons (Fsp3) is 0.333. The molecule has 35 heavy (non-hydrogen) atoms. The fourth-order valence-electron chi connectivity index (χ4n) is 4.86. The van der Waals surface area contributed by atoms with Crippen LogP contribution in [0.15, 0.2) is 67.0 Å². The zero-order chi connectivity index (χ0) is 24.2. The Kier molecular flexibility index (Phi) is 6.61. The summed E-state index contributed by atoms with van der Waals surface area (Å²) in [6.07, 6.45) is 4.98. The number of methoxy groups -OCH3 is 1. The summed E-state index contributed by atoms with van der Waals surface area (Å²) in [7, 11) is 1.64. The summed E-state index contributed by atoms with van der Waals surface area (Å²) in [5.74, 6) is 1.40. The summed E-state index contributed by atoms with van der Waals surface area (Å²) < 4.78 is 5.34. The van der Waals surface area contributed by atoms with Crippen LogP contribution in [0.4, 0.5) is 5.95 Å². The lowest BCUT2D eigenvalue weighted by atomic mass is 10.0. The van der Waals surface area contributed by atoms with Gasteiger partial charge in [-0.05, 0) is 54.3 Å². The van der Waals surface area contributed by atoms with Crippen molar-refractivity contribution >= 4 is 17.8 Å². The molecule has 1 atom stereocenters. The molecule has 3 aromatic rings. The van der Waals surface area contributed by atoms with Gasteiger partial charge in [-0.3, -0.25) is 9.59 Å². The van der Waals surface area contributed by atoms with Crippen LogP contribution in [0, 0.1) is 0 Å². The van der Waals surface area contributed by atoms with E-state index in [-0.39, 0.29) is 11.8 Å². The Bertz CT molecular complexity index is 1190. The SMILES string of the molecule is COc1cccc(-c2cccc(C(=O)N3CCCC3C(=O)N3CCN(c4ncccn4)CC3)c2)c1. The molecule has 5 rings (SSSR count). The summed E-state index contributed by atoms with van der Waals surface area (Å²) in [6.45, 7) is 3.15. The van der Waals surface area contributed by atoms with Gasteiger partial charge in [0.1, 0.15) is 11.8 Å². The predicted octanol–water partition coefficient (Wildman–Crippen LogP) is 3.11.